The summed E-state index contributed by atoms with van der Waals surface area (Å²) in [6.45, 7) is 1.20. The molecule has 0 saturated heterocycles. The van der Waals surface area contributed by atoms with Gasteiger partial charge in [-0.2, -0.15) is 0 Å². The molecule has 1 aromatic rings. The highest BCUT2D eigenvalue weighted by Gasteiger charge is 2.11. The molecule has 0 aliphatic heterocycles. The Hall–Kier alpha value is -1.85. The molecule has 1 rings (SSSR count). The van der Waals surface area contributed by atoms with E-state index in [0.717, 1.165) is 0 Å². The van der Waals surface area contributed by atoms with Crippen LogP contribution in [0.5, 0.6) is 5.75 Å². The van der Waals surface area contributed by atoms with Crippen molar-refractivity contribution in [2.24, 2.45) is 0 Å². The zero-order valence-corrected chi connectivity index (χ0v) is 9.28. The molecule has 6 heteroatoms. The normalized spacial score (nSPS) is 10.4. The molecular weight excluding hydrogens is 232 g/mol. The molecule has 0 aliphatic carbocycles. The number of nitrogen functional groups attached to an aromatic ring is 1. The van der Waals surface area contributed by atoms with Crippen LogP contribution < -0.4 is 10.5 Å². The van der Waals surface area contributed by atoms with Crippen molar-refractivity contribution in [3.05, 3.63) is 23.8 Å². The first-order valence-electron chi connectivity index (χ1n) is 5.02. The Labute approximate surface area is 97.3 Å². The molecule has 0 bridgehead atoms. The molecule has 94 valence electrons. The van der Waals surface area contributed by atoms with Crippen LogP contribution in [0.3, 0.4) is 0 Å². The maximum Gasteiger partial charge on any atom is 0.338 e. The summed E-state index contributed by atoms with van der Waals surface area (Å²) in [6.07, 6.45) is -2.57. The molecular formula is C11H13F2NO3. The predicted molar refractivity (Wildman–Crippen MR) is 58.3 cm³/mol. The average Bonchev–Trinajstić information content (AvgIpc) is 2.27. The molecule has 0 aliphatic rings. The van der Waals surface area contributed by atoms with Crippen LogP contribution in [0.15, 0.2) is 18.2 Å². The number of alkyl halides is 2. The average molecular weight is 245 g/mol. The van der Waals surface area contributed by atoms with Gasteiger partial charge in [0.15, 0.2) is 0 Å². The van der Waals surface area contributed by atoms with Crippen molar-refractivity contribution in [1.82, 2.24) is 0 Å². The highest BCUT2D eigenvalue weighted by molar-refractivity contribution is 5.91. The van der Waals surface area contributed by atoms with Gasteiger partial charge in [0.2, 0.25) is 0 Å². The minimum absolute atomic E-state index is 0.121. The minimum atomic E-state index is -2.57. The van der Waals surface area contributed by atoms with Gasteiger partial charge in [0, 0.05) is 0 Å². The number of hydrogen-bond donors (Lipinski definition) is 1. The van der Waals surface area contributed by atoms with E-state index in [0.29, 0.717) is 0 Å². The topological polar surface area (TPSA) is 61.5 Å². The van der Waals surface area contributed by atoms with E-state index in [9.17, 15) is 13.6 Å². The second-order valence-corrected chi connectivity index (χ2v) is 3.18. The van der Waals surface area contributed by atoms with Crippen LogP contribution in [0, 0.1) is 0 Å². The van der Waals surface area contributed by atoms with Gasteiger partial charge in [-0.1, -0.05) is 0 Å². The quantitative estimate of drug-likeness (QED) is 0.637. The fourth-order valence-corrected chi connectivity index (χ4v) is 1.17. The van der Waals surface area contributed by atoms with Gasteiger partial charge >= 0.3 is 5.97 Å². The van der Waals surface area contributed by atoms with Gasteiger partial charge in [0.1, 0.15) is 12.4 Å². The number of rotatable bonds is 5. The molecule has 0 radical (unpaired) electrons. The summed E-state index contributed by atoms with van der Waals surface area (Å²) in [5, 5.41) is 0. The zero-order valence-electron chi connectivity index (χ0n) is 9.28. The largest absolute Gasteiger partial charge is 0.485 e. The van der Waals surface area contributed by atoms with Gasteiger partial charge < -0.3 is 15.2 Å². The molecule has 0 atom stereocenters. The molecule has 4 nitrogen and oxygen atoms in total. The third-order valence-electron chi connectivity index (χ3n) is 1.89. The highest BCUT2D eigenvalue weighted by atomic mass is 19.3. The van der Waals surface area contributed by atoms with E-state index in [1.54, 1.807) is 6.92 Å². The Morgan fingerprint density at radius 2 is 2.18 bits per heavy atom. The lowest BCUT2D eigenvalue weighted by atomic mass is 10.2. The number of esters is 1. The van der Waals surface area contributed by atoms with Gasteiger partial charge in [-0.15, -0.1) is 0 Å². The van der Waals surface area contributed by atoms with Gasteiger partial charge in [-0.25, -0.2) is 13.6 Å². The number of benzene rings is 1. The smallest absolute Gasteiger partial charge is 0.338 e. The number of halogens is 2. The van der Waals surface area contributed by atoms with Crippen LogP contribution in [0.4, 0.5) is 14.5 Å². The van der Waals surface area contributed by atoms with Crippen LogP contribution >= 0.6 is 0 Å². The lowest BCUT2D eigenvalue weighted by Crippen LogP contribution is -2.09. The fraction of sp³-hybridized carbons (Fsp3) is 0.364. The van der Waals surface area contributed by atoms with E-state index in [-0.39, 0.29) is 23.6 Å². The molecule has 0 spiro atoms. The summed E-state index contributed by atoms with van der Waals surface area (Å²) in [4.78, 5) is 11.3. The summed E-state index contributed by atoms with van der Waals surface area (Å²) < 4.78 is 33.4. The SMILES string of the molecule is CCOC(=O)c1ccc(OCC(F)F)c(N)c1. The molecule has 0 amide bonds. The summed E-state index contributed by atoms with van der Waals surface area (Å²) in [7, 11) is 0. The first-order valence-corrected chi connectivity index (χ1v) is 5.02. The Morgan fingerprint density at radius 1 is 1.47 bits per heavy atom. The molecule has 1 aromatic carbocycles. The number of hydrogen-bond acceptors (Lipinski definition) is 4. The Kier molecular flexibility index (Phi) is 4.68. The van der Waals surface area contributed by atoms with Crippen LogP contribution in [0.25, 0.3) is 0 Å². The van der Waals surface area contributed by atoms with Gasteiger partial charge in [0.05, 0.1) is 17.9 Å². The molecule has 0 fully saturated rings. The molecule has 0 saturated carbocycles. The van der Waals surface area contributed by atoms with Crippen LogP contribution in [0.2, 0.25) is 0 Å². The van der Waals surface area contributed by atoms with E-state index in [1.807, 2.05) is 0 Å². The number of anilines is 1. The van der Waals surface area contributed by atoms with Crippen molar-refractivity contribution in [3.63, 3.8) is 0 Å². The van der Waals surface area contributed by atoms with Crippen molar-refractivity contribution in [2.45, 2.75) is 13.3 Å². The Morgan fingerprint density at radius 3 is 2.71 bits per heavy atom. The van der Waals surface area contributed by atoms with Crippen LogP contribution in [-0.2, 0) is 4.74 Å². The van der Waals surface area contributed by atoms with Gasteiger partial charge in [-0.3, -0.25) is 0 Å². The number of carbonyl (C=O) groups excluding carboxylic acids is 1. The summed E-state index contributed by atoms with van der Waals surface area (Å²) >= 11 is 0. The van der Waals surface area contributed by atoms with Crippen molar-refractivity contribution in [3.8, 4) is 5.75 Å². The van der Waals surface area contributed by atoms with Crippen molar-refractivity contribution >= 4 is 11.7 Å². The number of ether oxygens (including phenoxy) is 2. The van der Waals surface area contributed by atoms with E-state index in [1.165, 1.54) is 18.2 Å². The number of carbonyl (C=O) groups is 1. The van der Waals surface area contributed by atoms with Gasteiger partial charge in [0.25, 0.3) is 6.43 Å². The fourth-order valence-electron chi connectivity index (χ4n) is 1.17. The molecule has 2 N–H and O–H groups in total. The lowest BCUT2D eigenvalue weighted by Gasteiger charge is -2.09. The molecule has 0 aromatic heterocycles. The molecule has 0 unspecified atom stereocenters. The zero-order chi connectivity index (χ0) is 12.8. The maximum atomic E-state index is 11.9. The second-order valence-electron chi connectivity index (χ2n) is 3.18. The third kappa shape index (κ3) is 3.90. The van der Waals surface area contributed by atoms with E-state index < -0.39 is 19.0 Å². The van der Waals surface area contributed by atoms with Crippen molar-refractivity contribution in [1.29, 1.82) is 0 Å². The third-order valence-corrected chi connectivity index (χ3v) is 1.89. The predicted octanol–water partition coefficient (Wildman–Crippen LogP) is 2.09. The Balaban J connectivity index is 2.75. The van der Waals surface area contributed by atoms with Crippen LogP contribution in [0.1, 0.15) is 17.3 Å². The standard InChI is InChI=1S/C11H13F2NO3/c1-2-16-11(15)7-3-4-9(8(14)5-7)17-6-10(12)13/h3-5,10H,2,6,14H2,1H3. The molecule has 0 heterocycles. The van der Waals surface area contributed by atoms with Crippen molar-refractivity contribution in [2.75, 3.05) is 18.9 Å². The van der Waals surface area contributed by atoms with E-state index >= 15 is 0 Å². The number of nitrogens with two attached hydrogens (primary N) is 1. The minimum Gasteiger partial charge on any atom is -0.485 e. The monoisotopic (exact) mass is 245 g/mol. The Bertz CT molecular complexity index is 396. The van der Waals surface area contributed by atoms with Gasteiger partial charge in [-0.05, 0) is 25.1 Å². The van der Waals surface area contributed by atoms with Crippen LogP contribution in [-0.4, -0.2) is 25.6 Å². The first kappa shape index (κ1) is 13.2. The van der Waals surface area contributed by atoms with Crippen molar-refractivity contribution < 1.29 is 23.0 Å². The lowest BCUT2D eigenvalue weighted by molar-refractivity contribution is 0.0526. The second kappa shape index (κ2) is 6.03. The first-order chi connectivity index (χ1) is 8.04. The van der Waals surface area contributed by atoms with E-state index in [2.05, 4.69) is 0 Å². The summed E-state index contributed by atoms with van der Waals surface area (Å²) in [5.41, 5.74) is 5.94. The van der Waals surface area contributed by atoms with E-state index in [4.69, 9.17) is 15.2 Å². The molecule has 17 heavy (non-hydrogen) atoms. The summed E-state index contributed by atoms with van der Waals surface area (Å²) in [6, 6.07) is 4.11. The highest BCUT2D eigenvalue weighted by Crippen LogP contribution is 2.23. The maximum absolute atomic E-state index is 11.9. The summed E-state index contributed by atoms with van der Waals surface area (Å²) in [5.74, 6) is -0.391.